The molecule has 1 aliphatic heterocycles. The van der Waals surface area contributed by atoms with Crippen LogP contribution < -0.4 is 10.7 Å². The molecular formula is C8H11N3. The largest absolute Gasteiger partial charge is 0.263 e. The van der Waals surface area contributed by atoms with Crippen molar-refractivity contribution in [2.45, 2.75) is 19.9 Å². The average molecular weight is 149 g/mol. The lowest BCUT2D eigenvalue weighted by molar-refractivity contribution is 0.581. The van der Waals surface area contributed by atoms with E-state index in [2.05, 4.69) is 35.1 Å². The number of rotatable bonds is 0. The number of hydrogen-bond acceptors (Lipinski definition) is 2. The Morgan fingerprint density at radius 1 is 1.45 bits per heavy atom. The summed E-state index contributed by atoms with van der Waals surface area (Å²) in [6.45, 7) is 4.29. The van der Waals surface area contributed by atoms with Crippen molar-refractivity contribution >= 4 is 6.08 Å². The Morgan fingerprint density at radius 2 is 2.27 bits per heavy atom. The molecule has 2 heterocycles. The van der Waals surface area contributed by atoms with Crippen LogP contribution in [0, 0.1) is 5.92 Å². The van der Waals surface area contributed by atoms with Crippen molar-refractivity contribution in [2.75, 3.05) is 0 Å². The number of nitrogens with one attached hydrogen (secondary N) is 1. The van der Waals surface area contributed by atoms with Crippen LogP contribution in [0.25, 0.3) is 6.08 Å². The van der Waals surface area contributed by atoms with E-state index in [0.717, 1.165) is 10.7 Å². The zero-order valence-corrected chi connectivity index (χ0v) is 6.70. The molecule has 0 aromatic carbocycles. The molecular weight excluding hydrogens is 138 g/mol. The van der Waals surface area contributed by atoms with Gasteiger partial charge in [-0.2, -0.15) is 5.10 Å². The first-order valence-corrected chi connectivity index (χ1v) is 3.86. The van der Waals surface area contributed by atoms with E-state index in [1.54, 1.807) is 0 Å². The molecule has 0 amide bonds. The molecule has 1 aromatic heterocycles. The number of H-pyrrole nitrogens is 1. The lowest BCUT2D eigenvalue weighted by atomic mass is 10.0. The van der Waals surface area contributed by atoms with Gasteiger partial charge in [0.25, 0.3) is 0 Å². The molecule has 0 spiro atoms. The molecule has 0 saturated heterocycles. The molecule has 11 heavy (non-hydrogen) atoms. The van der Waals surface area contributed by atoms with Crippen molar-refractivity contribution in [1.82, 2.24) is 10.2 Å². The molecule has 1 aliphatic rings. The third kappa shape index (κ3) is 0.964. The van der Waals surface area contributed by atoms with Gasteiger partial charge < -0.3 is 0 Å². The monoisotopic (exact) mass is 149 g/mol. The van der Waals surface area contributed by atoms with Crippen LogP contribution in [0.4, 0.5) is 0 Å². The summed E-state index contributed by atoms with van der Waals surface area (Å²) in [7, 11) is 0. The molecule has 0 radical (unpaired) electrons. The maximum Gasteiger partial charge on any atom is 0.150 e. The Kier molecular flexibility index (Phi) is 1.31. The van der Waals surface area contributed by atoms with Crippen LogP contribution >= 0.6 is 0 Å². The summed E-state index contributed by atoms with van der Waals surface area (Å²) in [6.07, 6.45) is 4.03. The average Bonchev–Trinajstić information content (AvgIpc) is 2.36. The summed E-state index contributed by atoms with van der Waals surface area (Å²) >= 11 is 0. The SMILES string of the molecule is CC1C=c2cn[nH]c2=NC1C. The summed E-state index contributed by atoms with van der Waals surface area (Å²) in [5.74, 6) is 0.528. The summed E-state index contributed by atoms with van der Waals surface area (Å²) in [4.78, 5) is 4.44. The first-order chi connectivity index (χ1) is 5.27. The number of nitrogens with zero attached hydrogens (tertiary/aromatic N) is 2. The van der Waals surface area contributed by atoms with Crippen molar-refractivity contribution in [3.05, 3.63) is 16.9 Å². The fourth-order valence-corrected chi connectivity index (χ4v) is 1.26. The molecule has 0 aliphatic carbocycles. The van der Waals surface area contributed by atoms with E-state index in [9.17, 15) is 0 Å². The van der Waals surface area contributed by atoms with Crippen LogP contribution in [-0.4, -0.2) is 16.2 Å². The highest BCUT2D eigenvalue weighted by Crippen LogP contribution is 2.08. The standard InChI is InChI=1S/C8H11N3/c1-5-3-7-4-9-11-8(7)10-6(5)2/h3-6H,1-2H3,(H,10,11). The highest BCUT2D eigenvalue weighted by atomic mass is 15.1. The zero-order chi connectivity index (χ0) is 7.84. The van der Waals surface area contributed by atoms with Gasteiger partial charge in [0.05, 0.1) is 12.2 Å². The molecule has 2 atom stereocenters. The molecule has 1 N–H and O–H groups in total. The van der Waals surface area contributed by atoms with Gasteiger partial charge in [-0.1, -0.05) is 13.0 Å². The lowest BCUT2D eigenvalue weighted by Gasteiger charge is -2.13. The van der Waals surface area contributed by atoms with Crippen molar-refractivity contribution < 1.29 is 0 Å². The molecule has 58 valence electrons. The third-order valence-electron chi connectivity index (χ3n) is 2.18. The van der Waals surface area contributed by atoms with Crippen LogP contribution in [0.15, 0.2) is 11.2 Å². The number of fused-ring (bicyclic) bond motifs is 1. The maximum absolute atomic E-state index is 4.44. The molecule has 1 aromatic rings. The van der Waals surface area contributed by atoms with Crippen LogP contribution in [0.5, 0.6) is 0 Å². The second-order valence-electron chi connectivity index (χ2n) is 3.07. The Bertz CT molecular complexity index is 328. The van der Waals surface area contributed by atoms with Crippen molar-refractivity contribution in [3.8, 4) is 0 Å². The second kappa shape index (κ2) is 2.19. The van der Waals surface area contributed by atoms with Gasteiger partial charge in [0.15, 0.2) is 0 Å². The minimum atomic E-state index is 0.378. The highest BCUT2D eigenvalue weighted by Gasteiger charge is 2.11. The van der Waals surface area contributed by atoms with Gasteiger partial charge in [-0.3, -0.25) is 10.1 Å². The molecule has 0 bridgehead atoms. The number of aromatic nitrogens is 2. The predicted octanol–water partition coefficient (Wildman–Crippen LogP) is -0.152. The first-order valence-electron chi connectivity index (χ1n) is 3.86. The molecule has 3 nitrogen and oxygen atoms in total. The van der Waals surface area contributed by atoms with E-state index in [0.29, 0.717) is 12.0 Å². The normalized spacial score (nSPS) is 28.5. The molecule has 3 heteroatoms. The molecule has 2 unspecified atom stereocenters. The van der Waals surface area contributed by atoms with Crippen LogP contribution in [-0.2, 0) is 0 Å². The van der Waals surface area contributed by atoms with Gasteiger partial charge in [-0.15, -0.1) is 0 Å². The smallest absolute Gasteiger partial charge is 0.150 e. The van der Waals surface area contributed by atoms with E-state index in [1.165, 1.54) is 0 Å². The quantitative estimate of drug-likeness (QED) is 0.547. The number of aromatic amines is 1. The summed E-state index contributed by atoms with van der Waals surface area (Å²) in [5, 5.41) is 7.92. The summed E-state index contributed by atoms with van der Waals surface area (Å²) < 4.78 is 0. The number of hydrogen-bond donors (Lipinski definition) is 1. The minimum absolute atomic E-state index is 0.378. The first kappa shape index (κ1) is 6.58. The van der Waals surface area contributed by atoms with E-state index >= 15 is 0 Å². The molecule has 0 saturated carbocycles. The Balaban J connectivity index is 2.69. The van der Waals surface area contributed by atoms with Crippen LogP contribution in [0.1, 0.15) is 13.8 Å². The zero-order valence-electron chi connectivity index (χ0n) is 6.70. The van der Waals surface area contributed by atoms with Gasteiger partial charge in [-0.05, 0) is 12.8 Å². The topological polar surface area (TPSA) is 41.0 Å². The summed E-state index contributed by atoms with van der Waals surface area (Å²) in [6, 6.07) is 0.378. The predicted molar refractivity (Wildman–Crippen MR) is 42.5 cm³/mol. The molecule has 0 fully saturated rings. The Labute approximate surface area is 64.9 Å². The highest BCUT2D eigenvalue weighted by molar-refractivity contribution is 5.26. The van der Waals surface area contributed by atoms with E-state index in [-0.39, 0.29) is 0 Å². The van der Waals surface area contributed by atoms with Gasteiger partial charge in [0.2, 0.25) is 0 Å². The fourth-order valence-electron chi connectivity index (χ4n) is 1.26. The van der Waals surface area contributed by atoms with Crippen LogP contribution in [0.3, 0.4) is 0 Å². The van der Waals surface area contributed by atoms with Crippen molar-refractivity contribution in [1.29, 1.82) is 0 Å². The fraction of sp³-hybridized carbons (Fsp3) is 0.500. The Hall–Kier alpha value is -1.12. The van der Waals surface area contributed by atoms with Gasteiger partial charge in [-0.25, -0.2) is 0 Å². The third-order valence-corrected chi connectivity index (χ3v) is 2.18. The molecule has 2 rings (SSSR count). The van der Waals surface area contributed by atoms with Gasteiger partial charge in [0.1, 0.15) is 5.49 Å². The van der Waals surface area contributed by atoms with Gasteiger partial charge >= 0.3 is 0 Å². The second-order valence-corrected chi connectivity index (χ2v) is 3.07. The summed E-state index contributed by atoms with van der Waals surface area (Å²) in [5.41, 5.74) is 0.926. The van der Waals surface area contributed by atoms with Crippen molar-refractivity contribution in [3.63, 3.8) is 0 Å². The van der Waals surface area contributed by atoms with E-state index in [4.69, 9.17) is 0 Å². The van der Waals surface area contributed by atoms with E-state index in [1.807, 2.05) is 6.20 Å². The van der Waals surface area contributed by atoms with Gasteiger partial charge in [0, 0.05) is 5.22 Å². The maximum atomic E-state index is 4.44. The minimum Gasteiger partial charge on any atom is -0.263 e. The Morgan fingerprint density at radius 3 is 3.09 bits per heavy atom. The van der Waals surface area contributed by atoms with Crippen molar-refractivity contribution in [2.24, 2.45) is 10.9 Å². The van der Waals surface area contributed by atoms with E-state index < -0.39 is 0 Å². The van der Waals surface area contributed by atoms with Crippen LogP contribution in [0.2, 0.25) is 0 Å². The lowest BCUT2D eigenvalue weighted by Crippen LogP contribution is -2.32.